The first-order chi connectivity index (χ1) is 28.5. The lowest BCUT2D eigenvalue weighted by Gasteiger charge is -2.46. The van der Waals surface area contributed by atoms with Gasteiger partial charge < -0.3 is 19.5 Å². The summed E-state index contributed by atoms with van der Waals surface area (Å²) in [6.45, 7) is 0. The van der Waals surface area contributed by atoms with Crippen molar-refractivity contribution in [1.29, 1.82) is 0 Å². The highest BCUT2D eigenvalue weighted by Gasteiger charge is 2.52. The zero-order chi connectivity index (χ0) is 40.0. The molecular formula is C50H44N4O4. The molecule has 1 saturated heterocycles. The van der Waals surface area contributed by atoms with E-state index in [4.69, 9.17) is 9.72 Å². The van der Waals surface area contributed by atoms with Crippen molar-refractivity contribution < 1.29 is 19.1 Å². The number of carbonyl (C=O) groups excluding carboxylic acids is 3. The van der Waals surface area contributed by atoms with E-state index in [0.29, 0.717) is 5.69 Å². The average molecular weight is 765 g/mol. The molecule has 0 bridgehead atoms. The molecule has 1 aliphatic heterocycles. The molecule has 2 heterocycles. The van der Waals surface area contributed by atoms with Crippen LogP contribution in [0.15, 0.2) is 195 Å². The van der Waals surface area contributed by atoms with Crippen LogP contribution in [0, 0.1) is 0 Å². The molecule has 0 aliphatic carbocycles. The van der Waals surface area contributed by atoms with Gasteiger partial charge in [-0.15, -0.1) is 0 Å². The molecule has 1 fully saturated rings. The molecular weight excluding hydrogens is 721 g/mol. The van der Waals surface area contributed by atoms with Crippen LogP contribution in [0.4, 0.5) is 0 Å². The SMILES string of the molecule is COC(=O)[C@H](Cc1cn(C(c2ccccc2)(c2ccccc2)c2ccccc2)cn1)NC(=O)[C@@H]1CCC(=O)N1C(c1ccccc1)(c1ccccc1)c1ccccc1. The number of aromatic nitrogens is 2. The van der Waals surface area contributed by atoms with Crippen molar-refractivity contribution in [1.82, 2.24) is 19.8 Å². The molecule has 1 aliphatic rings. The smallest absolute Gasteiger partial charge is 0.328 e. The summed E-state index contributed by atoms with van der Waals surface area (Å²) in [5.74, 6) is -1.22. The van der Waals surface area contributed by atoms with Gasteiger partial charge in [-0.05, 0) is 39.8 Å². The molecule has 0 saturated carbocycles. The predicted octanol–water partition coefficient (Wildman–Crippen LogP) is 7.91. The second kappa shape index (κ2) is 16.6. The number of methoxy groups -OCH3 is 1. The molecule has 1 aromatic heterocycles. The number of rotatable bonds is 13. The summed E-state index contributed by atoms with van der Waals surface area (Å²) in [7, 11) is 1.31. The van der Waals surface area contributed by atoms with Gasteiger partial charge in [0.25, 0.3) is 0 Å². The number of hydrogen-bond acceptors (Lipinski definition) is 5. The number of hydrogen-bond donors (Lipinski definition) is 1. The third-order valence-electron chi connectivity index (χ3n) is 11.3. The molecule has 0 spiro atoms. The van der Waals surface area contributed by atoms with Crippen LogP contribution in [0.5, 0.6) is 0 Å². The maximum Gasteiger partial charge on any atom is 0.328 e. The highest BCUT2D eigenvalue weighted by molar-refractivity contribution is 5.94. The van der Waals surface area contributed by atoms with Gasteiger partial charge in [-0.3, -0.25) is 9.59 Å². The Morgan fingerprint density at radius 3 is 1.40 bits per heavy atom. The van der Waals surface area contributed by atoms with Crippen LogP contribution in [-0.2, 0) is 36.6 Å². The van der Waals surface area contributed by atoms with Crippen LogP contribution < -0.4 is 5.32 Å². The van der Waals surface area contributed by atoms with Crippen LogP contribution in [0.2, 0.25) is 0 Å². The van der Waals surface area contributed by atoms with E-state index in [0.717, 1.165) is 33.4 Å². The van der Waals surface area contributed by atoms with Crippen LogP contribution in [-0.4, -0.2) is 51.4 Å². The number of likely N-dealkylation sites (tertiary alicyclic amines) is 1. The third kappa shape index (κ3) is 6.77. The Bertz CT molecular complexity index is 2270. The summed E-state index contributed by atoms with van der Waals surface area (Å²) in [4.78, 5) is 49.2. The molecule has 0 unspecified atom stereocenters. The zero-order valence-electron chi connectivity index (χ0n) is 32.2. The first kappa shape index (κ1) is 37.8. The largest absolute Gasteiger partial charge is 0.467 e. The van der Waals surface area contributed by atoms with E-state index in [1.807, 2.05) is 152 Å². The Kier molecular flexibility index (Phi) is 10.8. The molecule has 1 N–H and O–H groups in total. The Balaban J connectivity index is 1.17. The molecule has 288 valence electrons. The topological polar surface area (TPSA) is 93.5 Å². The van der Waals surface area contributed by atoms with Crippen LogP contribution in [0.3, 0.4) is 0 Å². The first-order valence-electron chi connectivity index (χ1n) is 19.5. The maximum atomic E-state index is 14.7. The number of carbonyl (C=O) groups is 3. The number of nitrogens with one attached hydrogen (secondary N) is 1. The van der Waals surface area contributed by atoms with Gasteiger partial charge in [0.1, 0.15) is 23.2 Å². The molecule has 7 aromatic rings. The van der Waals surface area contributed by atoms with Crippen LogP contribution in [0.25, 0.3) is 0 Å². The van der Waals surface area contributed by atoms with Gasteiger partial charge in [-0.2, -0.15) is 0 Å². The normalized spacial score (nSPS) is 14.8. The quantitative estimate of drug-likeness (QED) is 0.0953. The minimum absolute atomic E-state index is 0.0573. The highest BCUT2D eigenvalue weighted by atomic mass is 16.5. The highest BCUT2D eigenvalue weighted by Crippen LogP contribution is 2.46. The van der Waals surface area contributed by atoms with E-state index in [2.05, 4.69) is 46.3 Å². The van der Waals surface area contributed by atoms with Crippen molar-refractivity contribution in [2.45, 2.75) is 42.4 Å². The Morgan fingerprint density at radius 2 is 1.02 bits per heavy atom. The van der Waals surface area contributed by atoms with Gasteiger partial charge >= 0.3 is 5.97 Å². The summed E-state index contributed by atoms with van der Waals surface area (Å²) in [5, 5.41) is 3.02. The minimum atomic E-state index is -1.14. The standard InChI is InChI=1S/C50H44N4O4/c1-58-48(57)44(34-43-35-53(36-51-43)49(37-20-8-2-9-21-37,38-22-10-3-11-23-38)39-24-12-4-13-25-39)52-47(56)45-32-33-46(55)54(45)50(40-26-14-5-15-27-40,41-28-16-6-17-29-41)42-30-18-7-19-31-42/h2-31,35-36,44-45H,32-34H2,1H3,(H,52,56)/t44-,45-/m0/s1. The number of ether oxygens (including phenoxy) is 1. The van der Waals surface area contributed by atoms with E-state index < -0.39 is 35.0 Å². The van der Waals surface area contributed by atoms with Crippen molar-refractivity contribution >= 4 is 17.8 Å². The van der Waals surface area contributed by atoms with Gasteiger partial charge in [-0.1, -0.05) is 182 Å². The number of esters is 1. The summed E-state index contributed by atoms with van der Waals surface area (Å²) < 4.78 is 7.36. The Morgan fingerprint density at radius 1 is 0.638 bits per heavy atom. The van der Waals surface area contributed by atoms with E-state index >= 15 is 0 Å². The van der Waals surface area contributed by atoms with E-state index in [1.165, 1.54) is 7.11 Å². The van der Waals surface area contributed by atoms with Crippen LogP contribution >= 0.6 is 0 Å². The zero-order valence-corrected chi connectivity index (χ0v) is 32.2. The lowest BCUT2D eigenvalue weighted by atomic mass is 9.75. The molecule has 8 heteroatoms. The Labute approximate surface area is 338 Å². The molecule has 6 aromatic carbocycles. The van der Waals surface area contributed by atoms with E-state index in [9.17, 15) is 14.4 Å². The summed E-state index contributed by atoms with van der Waals surface area (Å²) >= 11 is 0. The summed E-state index contributed by atoms with van der Waals surface area (Å²) in [6.07, 6.45) is 4.21. The summed E-state index contributed by atoms with van der Waals surface area (Å²) in [5.41, 5.74) is 4.23. The second-order valence-corrected chi connectivity index (χ2v) is 14.5. The van der Waals surface area contributed by atoms with Gasteiger partial charge in [0, 0.05) is 19.0 Å². The van der Waals surface area contributed by atoms with Crippen molar-refractivity contribution in [3.8, 4) is 0 Å². The average Bonchev–Trinajstić information content (AvgIpc) is 3.93. The number of benzene rings is 6. The monoisotopic (exact) mass is 764 g/mol. The van der Waals surface area contributed by atoms with E-state index in [-0.39, 0.29) is 25.2 Å². The van der Waals surface area contributed by atoms with Gasteiger partial charge in [0.2, 0.25) is 11.8 Å². The molecule has 2 amide bonds. The molecule has 2 atom stereocenters. The molecule has 58 heavy (non-hydrogen) atoms. The maximum absolute atomic E-state index is 14.7. The molecule has 0 radical (unpaired) electrons. The van der Waals surface area contributed by atoms with Crippen molar-refractivity contribution in [3.05, 3.63) is 234 Å². The van der Waals surface area contributed by atoms with E-state index in [1.54, 1.807) is 11.2 Å². The lowest BCUT2D eigenvalue weighted by Crippen LogP contribution is -2.58. The van der Waals surface area contributed by atoms with Gasteiger partial charge in [0.05, 0.1) is 19.1 Å². The van der Waals surface area contributed by atoms with Gasteiger partial charge in [-0.25, -0.2) is 9.78 Å². The minimum Gasteiger partial charge on any atom is -0.467 e. The second-order valence-electron chi connectivity index (χ2n) is 14.5. The third-order valence-corrected chi connectivity index (χ3v) is 11.3. The molecule has 8 rings (SSSR count). The van der Waals surface area contributed by atoms with Crippen molar-refractivity contribution in [3.63, 3.8) is 0 Å². The fourth-order valence-corrected chi connectivity index (χ4v) is 8.76. The number of imidazole rings is 1. The fraction of sp³-hybridized carbons (Fsp3) is 0.160. The van der Waals surface area contributed by atoms with Gasteiger partial charge in [0.15, 0.2) is 0 Å². The lowest BCUT2D eigenvalue weighted by molar-refractivity contribution is -0.146. The number of amides is 2. The Hall–Kier alpha value is -7.06. The molecule has 8 nitrogen and oxygen atoms in total. The van der Waals surface area contributed by atoms with Crippen LogP contribution in [0.1, 0.15) is 51.9 Å². The fourth-order valence-electron chi connectivity index (χ4n) is 8.76. The predicted molar refractivity (Wildman–Crippen MR) is 224 cm³/mol. The summed E-state index contributed by atoms with van der Waals surface area (Å²) in [6, 6.07) is 58.2. The van der Waals surface area contributed by atoms with Crippen molar-refractivity contribution in [2.75, 3.05) is 7.11 Å². The number of nitrogens with zero attached hydrogens (tertiary/aromatic N) is 3. The van der Waals surface area contributed by atoms with Crippen molar-refractivity contribution in [2.24, 2.45) is 0 Å². The first-order valence-corrected chi connectivity index (χ1v) is 19.5.